The Morgan fingerprint density at radius 1 is 1.18 bits per heavy atom. The standard InChI is InChI=1S/C17H22F2N2O/c18-15-7-4-12(10-16(15)19)2-1-3-17(22)21-9-8-13-5-6-14(11-21)20-13/h4,7,10,13-14,20H,1-3,5-6,8-9,11H2. The largest absolute Gasteiger partial charge is 0.341 e. The van der Waals surface area contributed by atoms with Gasteiger partial charge in [-0.05, 0) is 49.8 Å². The number of nitrogens with one attached hydrogen (secondary N) is 1. The van der Waals surface area contributed by atoms with Crippen LogP contribution in [0, 0.1) is 11.6 Å². The summed E-state index contributed by atoms with van der Waals surface area (Å²) in [5.74, 6) is -1.47. The number of aryl methyl sites for hydroxylation is 1. The van der Waals surface area contributed by atoms with Gasteiger partial charge in [0.15, 0.2) is 11.6 Å². The summed E-state index contributed by atoms with van der Waals surface area (Å²) >= 11 is 0. The Kier molecular flexibility index (Phi) is 4.71. The van der Waals surface area contributed by atoms with Crippen molar-refractivity contribution in [3.05, 3.63) is 35.4 Å². The van der Waals surface area contributed by atoms with E-state index in [9.17, 15) is 13.6 Å². The van der Waals surface area contributed by atoms with Crippen LogP contribution in [0.15, 0.2) is 18.2 Å². The minimum absolute atomic E-state index is 0.178. The van der Waals surface area contributed by atoms with Gasteiger partial charge in [0.1, 0.15) is 0 Å². The van der Waals surface area contributed by atoms with E-state index >= 15 is 0 Å². The van der Waals surface area contributed by atoms with Crippen molar-refractivity contribution in [3.63, 3.8) is 0 Å². The first-order valence-corrected chi connectivity index (χ1v) is 8.09. The molecule has 0 saturated carbocycles. The first-order valence-electron chi connectivity index (χ1n) is 8.09. The smallest absolute Gasteiger partial charge is 0.222 e. The average Bonchev–Trinajstić information content (AvgIpc) is 2.82. The normalized spacial score (nSPS) is 24.4. The fourth-order valence-electron chi connectivity index (χ4n) is 3.47. The summed E-state index contributed by atoms with van der Waals surface area (Å²) in [6.07, 6.45) is 5.15. The van der Waals surface area contributed by atoms with Gasteiger partial charge in [0, 0.05) is 31.6 Å². The Hall–Kier alpha value is -1.49. The lowest BCUT2D eigenvalue weighted by atomic mass is 10.1. The molecular weight excluding hydrogens is 286 g/mol. The van der Waals surface area contributed by atoms with Crippen molar-refractivity contribution >= 4 is 5.91 Å². The highest BCUT2D eigenvalue weighted by Crippen LogP contribution is 2.21. The van der Waals surface area contributed by atoms with Gasteiger partial charge in [-0.2, -0.15) is 0 Å². The molecule has 2 unspecified atom stereocenters. The molecule has 1 amide bonds. The van der Waals surface area contributed by atoms with Crippen molar-refractivity contribution in [3.8, 4) is 0 Å². The summed E-state index contributed by atoms with van der Waals surface area (Å²) in [5, 5.41) is 3.56. The van der Waals surface area contributed by atoms with E-state index < -0.39 is 11.6 Å². The molecule has 2 aliphatic rings. The highest BCUT2D eigenvalue weighted by molar-refractivity contribution is 5.76. The molecule has 120 valence electrons. The molecule has 3 rings (SSSR count). The summed E-state index contributed by atoms with van der Waals surface area (Å²) < 4.78 is 26.0. The minimum Gasteiger partial charge on any atom is -0.341 e. The second kappa shape index (κ2) is 6.73. The molecule has 0 aliphatic carbocycles. The number of amides is 1. The Labute approximate surface area is 129 Å². The second-order valence-electron chi connectivity index (χ2n) is 6.37. The summed E-state index contributed by atoms with van der Waals surface area (Å²) in [7, 11) is 0. The monoisotopic (exact) mass is 308 g/mol. The maximum absolute atomic E-state index is 13.1. The van der Waals surface area contributed by atoms with E-state index in [1.54, 1.807) is 6.07 Å². The molecule has 0 aromatic heterocycles. The third-order valence-corrected chi connectivity index (χ3v) is 4.72. The maximum atomic E-state index is 13.1. The summed E-state index contributed by atoms with van der Waals surface area (Å²) in [6.45, 7) is 1.64. The number of benzene rings is 1. The molecule has 5 heteroatoms. The molecule has 22 heavy (non-hydrogen) atoms. The van der Waals surface area contributed by atoms with Gasteiger partial charge in [-0.1, -0.05) is 6.07 Å². The van der Waals surface area contributed by atoms with Crippen LogP contribution in [0.25, 0.3) is 0 Å². The number of likely N-dealkylation sites (tertiary alicyclic amines) is 1. The molecule has 1 N–H and O–H groups in total. The zero-order valence-electron chi connectivity index (χ0n) is 12.7. The van der Waals surface area contributed by atoms with E-state index in [4.69, 9.17) is 0 Å². The topological polar surface area (TPSA) is 32.3 Å². The van der Waals surface area contributed by atoms with E-state index in [1.807, 2.05) is 4.90 Å². The number of hydrogen-bond donors (Lipinski definition) is 1. The van der Waals surface area contributed by atoms with E-state index in [0.29, 0.717) is 31.3 Å². The van der Waals surface area contributed by atoms with Gasteiger partial charge in [0.05, 0.1) is 0 Å². The van der Waals surface area contributed by atoms with Gasteiger partial charge in [0.25, 0.3) is 0 Å². The third kappa shape index (κ3) is 3.64. The summed E-state index contributed by atoms with van der Waals surface area (Å²) in [6, 6.07) is 4.96. The number of nitrogens with zero attached hydrogens (tertiary/aromatic N) is 1. The number of fused-ring (bicyclic) bond motifs is 2. The van der Waals surface area contributed by atoms with Crippen molar-refractivity contribution < 1.29 is 13.6 Å². The van der Waals surface area contributed by atoms with Crippen LogP contribution >= 0.6 is 0 Å². The summed E-state index contributed by atoms with van der Waals surface area (Å²) in [4.78, 5) is 14.3. The van der Waals surface area contributed by atoms with Gasteiger partial charge in [-0.15, -0.1) is 0 Å². The predicted molar refractivity (Wildman–Crippen MR) is 80.4 cm³/mol. The lowest BCUT2D eigenvalue weighted by molar-refractivity contribution is -0.131. The SMILES string of the molecule is O=C(CCCc1ccc(F)c(F)c1)N1CCC2CCC(C1)N2. The fraction of sp³-hybridized carbons (Fsp3) is 0.588. The number of rotatable bonds is 4. The molecule has 2 bridgehead atoms. The second-order valence-corrected chi connectivity index (χ2v) is 6.37. The van der Waals surface area contributed by atoms with Gasteiger partial charge in [0.2, 0.25) is 5.91 Å². The molecular formula is C17H22F2N2O. The van der Waals surface area contributed by atoms with Crippen molar-refractivity contribution in [1.29, 1.82) is 0 Å². The molecule has 1 aromatic carbocycles. The number of hydrogen-bond acceptors (Lipinski definition) is 2. The summed E-state index contributed by atoms with van der Waals surface area (Å²) in [5.41, 5.74) is 0.739. The molecule has 2 aliphatic heterocycles. The van der Waals surface area contributed by atoms with Crippen LogP contribution in [-0.4, -0.2) is 36.0 Å². The van der Waals surface area contributed by atoms with Crippen LogP contribution < -0.4 is 5.32 Å². The van der Waals surface area contributed by atoms with Crippen LogP contribution in [-0.2, 0) is 11.2 Å². The van der Waals surface area contributed by atoms with Gasteiger partial charge >= 0.3 is 0 Å². The molecule has 0 radical (unpaired) electrons. The van der Waals surface area contributed by atoms with Crippen molar-refractivity contribution in [2.45, 2.75) is 50.6 Å². The Morgan fingerprint density at radius 3 is 2.82 bits per heavy atom. The average molecular weight is 308 g/mol. The first kappa shape index (κ1) is 15.4. The minimum atomic E-state index is -0.827. The number of carbonyl (C=O) groups excluding carboxylic acids is 1. The molecule has 2 fully saturated rings. The van der Waals surface area contributed by atoms with Gasteiger partial charge in [-0.3, -0.25) is 4.79 Å². The van der Waals surface area contributed by atoms with Crippen LogP contribution in [0.4, 0.5) is 8.78 Å². The van der Waals surface area contributed by atoms with Crippen LogP contribution in [0.1, 0.15) is 37.7 Å². The van der Waals surface area contributed by atoms with E-state index in [1.165, 1.54) is 12.5 Å². The fourth-order valence-corrected chi connectivity index (χ4v) is 3.47. The number of halogens is 2. The molecule has 0 spiro atoms. The Morgan fingerprint density at radius 2 is 2.00 bits per heavy atom. The van der Waals surface area contributed by atoms with Gasteiger partial charge < -0.3 is 10.2 Å². The molecule has 1 aromatic rings. The Balaban J connectivity index is 1.46. The van der Waals surface area contributed by atoms with Gasteiger partial charge in [-0.25, -0.2) is 8.78 Å². The van der Waals surface area contributed by atoms with E-state index in [2.05, 4.69) is 5.32 Å². The lowest BCUT2D eigenvalue weighted by Crippen LogP contribution is -2.38. The van der Waals surface area contributed by atoms with Crippen molar-refractivity contribution in [2.24, 2.45) is 0 Å². The molecule has 3 nitrogen and oxygen atoms in total. The maximum Gasteiger partial charge on any atom is 0.222 e. The third-order valence-electron chi connectivity index (χ3n) is 4.72. The molecule has 2 saturated heterocycles. The number of carbonyl (C=O) groups is 1. The van der Waals surface area contributed by atoms with Crippen LogP contribution in [0.2, 0.25) is 0 Å². The highest BCUT2D eigenvalue weighted by Gasteiger charge is 2.30. The highest BCUT2D eigenvalue weighted by atomic mass is 19.2. The first-order chi connectivity index (χ1) is 10.6. The molecule has 2 atom stereocenters. The van der Waals surface area contributed by atoms with Crippen LogP contribution in [0.3, 0.4) is 0 Å². The quantitative estimate of drug-likeness (QED) is 0.927. The van der Waals surface area contributed by atoms with E-state index in [0.717, 1.165) is 37.6 Å². The lowest BCUT2D eigenvalue weighted by Gasteiger charge is -2.24. The molecule has 2 heterocycles. The van der Waals surface area contributed by atoms with Crippen molar-refractivity contribution in [2.75, 3.05) is 13.1 Å². The zero-order valence-corrected chi connectivity index (χ0v) is 12.7. The zero-order chi connectivity index (χ0) is 15.5. The van der Waals surface area contributed by atoms with Crippen LogP contribution in [0.5, 0.6) is 0 Å². The van der Waals surface area contributed by atoms with Crippen molar-refractivity contribution in [1.82, 2.24) is 10.2 Å². The predicted octanol–water partition coefficient (Wildman–Crippen LogP) is 2.64. The van der Waals surface area contributed by atoms with E-state index in [-0.39, 0.29) is 5.91 Å². The Bertz CT molecular complexity index is 549.